The molecule has 0 aliphatic carbocycles. The van der Waals surface area contributed by atoms with Crippen molar-refractivity contribution in [1.82, 2.24) is 0 Å². The monoisotopic (exact) mass is 1200 g/mol. The summed E-state index contributed by atoms with van der Waals surface area (Å²) in [6, 6.07) is 121. The van der Waals surface area contributed by atoms with Crippen LogP contribution in [0.1, 0.15) is 66.5 Å². The predicted molar refractivity (Wildman–Crippen MR) is 396 cm³/mol. The van der Waals surface area contributed by atoms with E-state index in [4.69, 9.17) is 0 Å². The molecular formula is C88H77BN2S. The van der Waals surface area contributed by atoms with Crippen LogP contribution in [0.15, 0.2) is 341 Å². The lowest BCUT2D eigenvalue weighted by molar-refractivity contribution is 0.590. The van der Waals surface area contributed by atoms with E-state index in [0.29, 0.717) is 0 Å². The van der Waals surface area contributed by atoms with Crippen LogP contribution in [0.2, 0.25) is 0 Å². The van der Waals surface area contributed by atoms with Crippen LogP contribution >= 0.6 is 10.0 Å². The molecule has 15 rings (SSSR count). The zero-order chi connectivity index (χ0) is 63.1. The lowest BCUT2D eigenvalue weighted by atomic mass is 9.33. The van der Waals surface area contributed by atoms with Crippen LogP contribution in [0.5, 0.6) is 0 Å². The van der Waals surface area contributed by atoms with Crippen LogP contribution in [0.3, 0.4) is 0 Å². The second-order valence-corrected chi connectivity index (χ2v) is 29.2. The fourth-order valence-corrected chi connectivity index (χ4v) is 18.0. The molecule has 0 spiro atoms. The molecule has 2 nitrogen and oxygen atoms in total. The molecule has 0 atom stereocenters. The first-order valence-corrected chi connectivity index (χ1v) is 34.2. The Morgan fingerprint density at radius 2 is 0.587 bits per heavy atom. The summed E-state index contributed by atoms with van der Waals surface area (Å²) < 4.78 is 0. The van der Waals surface area contributed by atoms with Gasteiger partial charge in [-0.3, -0.25) is 0 Å². The molecule has 0 fully saturated rings. The molecule has 2 heterocycles. The molecule has 0 saturated heterocycles. The lowest BCUT2D eigenvalue weighted by Gasteiger charge is -2.45. The lowest BCUT2D eigenvalue weighted by Crippen LogP contribution is -2.61. The quantitative estimate of drug-likeness (QED) is 0.119. The molecule has 2 aliphatic heterocycles. The molecule has 0 saturated carbocycles. The average Bonchev–Trinajstić information content (AvgIpc) is 0.687. The smallest absolute Gasteiger partial charge is 0.252 e. The second kappa shape index (κ2) is 24.6. The van der Waals surface area contributed by atoms with Gasteiger partial charge in [-0.25, -0.2) is 0 Å². The van der Waals surface area contributed by atoms with E-state index >= 15 is 0 Å². The topological polar surface area (TPSA) is 6.48 Å². The van der Waals surface area contributed by atoms with Crippen molar-refractivity contribution in [2.45, 2.75) is 85.8 Å². The Bertz CT molecular complexity index is 4450. The van der Waals surface area contributed by atoms with Crippen molar-refractivity contribution < 1.29 is 0 Å². The van der Waals surface area contributed by atoms with Gasteiger partial charge in [0.1, 0.15) is 0 Å². The fraction of sp³-hybridized carbons (Fsp3) is 0.114. The van der Waals surface area contributed by atoms with Crippen molar-refractivity contribution in [2.24, 2.45) is 0 Å². The summed E-state index contributed by atoms with van der Waals surface area (Å²) in [5.41, 5.74) is 25.1. The summed E-state index contributed by atoms with van der Waals surface area (Å²) in [6.45, 7) is 17.7. The highest BCUT2D eigenvalue weighted by Gasteiger charge is 2.45. The molecule has 448 valence electrons. The molecule has 0 unspecified atom stereocenters. The van der Waals surface area contributed by atoms with E-state index in [-0.39, 0.29) is 17.5 Å². The van der Waals surface area contributed by atoms with Crippen molar-refractivity contribution in [1.29, 1.82) is 0 Å². The van der Waals surface area contributed by atoms with Gasteiger partial charge in [-0.15, -0.1) is 10.0 Å². The van der Waals surface area contributed by atoms with Crippen LogP contribution in [0, 0.1) is 0 Å². The van der Waals surface area contributed by atoms with Gasteiger partial charge < -0.3 is 9.80 Å². The Balaban J connectivity index is 0.00000364. The Labute approximate surface area is 547 Å². The second-order valence-electron chi connectivity index (χ2n) is 26.1. The molecule has 13 aromatic carbocycles. The summed E-state index contributed by atoms with van der Waals surface area (Å²) >= 11 is 0. The maximum Gasteiger partial charge on any atom is 0.252 e. The van der Waals surface area contributed by atoms with Crippen LogP contribution in [-0.4, -0.2) is 6.71 Å². The van der Waals surface area contributed by atoms with Crippen LogP contribution in [0.25, 0.3) is 55.6 Å². The average molecular weight is 1210 g/mol. The minimum absolute atomic E-state index is 0.0331. The molecule has 0 amide bonds. The molecule has 92 heavy (non-hydrogen) atoms. The SMILES string of the molecule is CC.CC(C)(C)c1ccc(N2c3ccc(-c4ccccc4-c4ccccc4)cc3B3c4cc(-c5ccccc5-c5ccccc5)ccc4N(c4ccc(C(C)(C)C)cc4)c4cc(-c5cccc(S(c6ccccc6)(c6ccccc6)c6ccccc6)c5)cc2c43)cc1. The highest BCUT2D eigenvalue weighted by molar-refractivity contribution is 8.34. The van der Waals surface area contributed by atoms with E-state index in [1.54, 1.807) is 0 Å². The minimum atomic E-state index is -2.01. The molecule has 0 bridgehead atoms. The van der Waals surface area contributed by atoms with Gasteiger partial charge in [0.2, 0.25) is 0 Å². The third-order valence-corrected chi connectivity index (χ3v) is 22.4. The number of benzene rings is 13. The molecule has 13 aromatic rings. The first-order chi connectivity index (χ1) is 44.9. The summed E-state index contributed by atoms with van der Waals surface area (Å²) in [5, 5.41) is 0. The van der Waals surface area contributed by atoms with Crippen molar-refractivity contribution in [3.05, 3.63) is 333 Å². The maximum atomic E-state index is 2.59. The van der Waals surface area contributed by atoms with Gasteiger partial charge >= 0.3 is 0 Å². The Morgan fingerprint density at radius 1 is 0.261 bits per heavy atom. The zero-order valence-electron chi connectivity index (χ0n) is 54.0. The summed E-state index contributed by atoms with van der Waals surface area (Å²) in [5.74, 6) is 0. The van der Waals surface area contributed by atoms with Crippen molar-refractivity contribution in [3.8, 4) is 55.6 Å². The summed E-state index contributed by atoms with van der Waals surface area (Å²) in [4.78, 5) is 10.3. The standard InChI is InChI=1S/C86H71BN2S.C2H6/c1-85(2,3)66-45-49-68(50-46-66)88-80-53-43-63(76-41-24-22-39-74(76)60-27-12-7-13-28-60)56-78(80)87-79-57-64(77-42-25-23-40-75(77)61-29-14-8-15-30-61)44-54-81(79)89(69-51-47-67(48-52-69)86(4,5)6)83-59-65(58-82(88)84(83)87)62-31-26-38-73(55-62)90(70-32-16-9-17-33-70,71-34-18-10-19-35-71)72-36-20-11-21-37-72;1-2/h7-59H,1-6H3;1-2H3. The molecule has 4 heteroatoms. The number of hydrogen-bond donors (Lipinski definition) is 0. The number of rotatable bonds is 11. The van der Waals surface area contributed by atoms with Gasteiger partial charge in [0.05, 0.1) is 0 Å². The largest absolute Gasteiger partial charge is 0.311 e. The first-order valence-electron chi connectivity index (χ1n) is 32.6. The number of fused-ring (bicyclic) bond motifs is 4. The van der Waals surface area contributed by atoms with Gasteiger partial charge in [-0.05, 0) is 191 Å². The highest BCUT2D eigenvalue weighted by Crippen LogP contribution is 2.73. The molecule has 0 aromatic heterocycles. The third-order valence-electron chi connectivity index (χ3n) is 18.5. The van der Waals surface area contributed by atoms with Gasteiger partial charge in [0.25, 0.3) is 6.71 Å². The Kier molecular flexibility index (Phi) is 15.9. The fourth-order valence-electron chi connectivity index (χ4n) is 14.0. The van der Waals surface area contributed by atoms with Gasteiger partial charge in [0.15, 0.2) is 0 Å². The summed E-state index contributed by atoms with van der Waals surface area (Å²) in [6.07, 6.45) is 0. The molecular weight excluding hydrogens is 1130 g/mol. The van der Waals surface area contributed by atoms with E-state index in [1.165, 1.54) is 103 Å². The van der Waals surface area contributed by atoms with Crippen LogP contribution < -0.4 is 26.2 Å². The molecule has 2 aliphatic rings. The Morgan fingerprint density at radius 3 is 0.957 bits per heavy atom. The molecule has 0 radical (unpaired) electrons. The van der Waals surface area contributed by atoms with Crippen LogP contribution in [-0.2, 0) is 10.8 Å². The van der Waals surface area contributed by atoms with Crippen molar-refractivity contribution >= 4 is 67.3 Å². The zero-order valence-corrected chi connectivity index (χ0v) is 54.8. The Hall–Kier alpha value is -10.1. The predicted octanol–water partition coefficient (Wildman–Crippen LogP) is 23.1. The van der Waals surface area contributed by atoms with E-state index in [0.717, 1.165) is 33.9 Å². The van der Waals surface area contributed by atoms with Gasteiger partial charge in [-0.2, -0.15) is 0 Å². The minimum Gasteiger partial charge on any atom is -0.311 e. The summed E-state index contributed by atoms with van der Waals surface area (Å²) in [7, 11) is -2.01. The normalized spacial score (nSPS) is 12.7. The highest BCUT2D eigenvalue weighted by atomic mass is 32.3. The molecule has 0 N–H and O–H groups in total. The van der Waals surface area contributed by atoms with Crippen molar-refractivity contribution in [2.75, 3.05) is 9.80 Å². The van der Waals surface area contributed by atoms with Gasteiger partial charge in [0, 0.05) is 53.7 Å². The first kappa shape index (κ1) is 59.5. The van der Waals surface area contributed by atoms with E-state index in [9.17, 15) is 0 Å². The van der Waals surface area contributed by atoms with E-state index in [1.807, 2.05) is 13.8 Å². The van der Waals surface area contributed by atoms with Gasteiger partial charge in [-0.1, -0.05) is 280 Å². The third kappa shape index (κ3) is 10.7. The number of anilines is 6. The van der Waals surface area contributed by atoms with E-state index < -0.39 is 10.0 Å². The van der Waals surface area contributed by atoms with Crippen molar-refractivity contribution in [3.63, 3.8) is 0 Å². The number of hydrogen-bond acceptors (Lipinski definition) is 2. The number of nitrogens with zero attached hydrogens (tertiary/aromatic N) is 2. The maximum absolute atomic E-state index is 2.59. The van der Waals surface area contributed by atoms with E-state index in [2.05, 4.69) is 373 Å². The van der Waals surface area contributed by atoms with Crippen LogP contribution in [0.4, 0.5) is 34.1 Å².